The molecule has 9 heteroatoms. The van der Waals surface area contributed by atoms with Crippen molar-refractivity contribution in [1.82, 2.24) is 14.7 Å². The number of hydrogen-bond acceptors (Lipinski definition) is 6. The van der Waals surface area contributed by atoms with Crippen molar-refractivity contribution in [2.45, 2.75) is 136 Å². The molecular formula is C35H53N3O6. The fraction of sp³-hybridized carbons (Fsp3) is 0.857. The lowest BCUT2D eigenvalue weighted by molar-refractivity contribution is -0.146. The molecule has 5 aliphatic heterocycles. The quantitative estimate of drug-likeness (QED) is 0.421. The first kappa shape index (κ1) is 30.7. The molecule has 0 aromatic rings. The molecule has 9 nitrogen and oxygen atoms in total. The topological polar surface area (TPSA) is 88.6 Å². The van der Waals surface area contributed by atoms with Gasteiger partial charge in [0.1, 0.15) is 17.2 Å². The van der Waals surface area contributed by atoms with Gasteiger partial charge in [0, 0.05) is 30.1 Å². The lowest BCUT2D eigenvalue weighted by Crippen LogP contribution is -2.47. The third-order valence-electron chi connectivity index (χ3n) is 12.7. The van der Waals surface area contributed by atoms with E-state index in [1.165, 1.54) is 44.1 Å². The van der Waals surface area contributed by atoms with Crippen LogP contribution >= 0.6 is 0 Å². The lowest BCUT2D eigenvalue weighted by atomic mass is 10.1. The number of allylic oxidation sites excluding steroid dienone is 1. The largest absolute Gasteiger partial charge is 0.354 e. The lowest BCUT2D eigenvalue weighted by Gasteiger charge is -2.32. The predicted molar refractivity (Wildman–Crippen MR) is 164 cm³/mol. The third-order valence-corrected chi connectivity index (χ3v) is 12.7. The first-order chi connectivity index (χ1) is 20.2. The molecule has 5 aliphatic carbocycles. The summed E-state index contributed by atoms with van der Waals surface area (Å²) in [6.45, 7) is 16.0. The van der Waals surface area contributed by atoms with Crippen molar-refractivity contribution in [3.63, 3.8) is 0 Å². The second kappa shape index (κ2) is 9.31. The number of amides is 3. The number of hydrogen-bond donors (Lipinski definition) is 0. The van der Waals surface area contributed by atoms with Crippen LogP contribution in [0.3, 0.4) is 0 Å². The molecule has 10 rings (SSSR count). The molecule has 5 heterocycles. The summed E-state index contributed by atoms with van der Waals surface area (Å²) < 4.78 is 17.1. The van der Waals surface area contributed by atoms with Crippen molar-refractivity contribution in [3.05, 3.63) is 11.6 Å². The van der Waals surface area contributed by atoms with Gasteiger partial charge in [0.05, 0.1) is 37.9 Å². The van der Waals surface area contributed by atoms with Crippen LogP contribution in [0, 0.1) is 34.5 Å². The molecule has 44 heavy (non-hydrogen) atoms. The summed E-state index contributed by atoms with van der Waals surface area (Å²) in [6.07, 6.45) is 10.3. The van der Waals surface area contributed by atoms with Crippen molar-refractivity contribution in [3.8, 4) is 0 Å². The summed E-state index contributed by atoms with van der Waals surface area (Å²) in [6, 6.07) is 0.972. The molecule has 0 N–H and O–H groups in total. The highest BCUT2D eigenvalue weighted by Gasteiger charge is 2.84. The molecule has 7 atom stereocenters. The Kier molecular flexibility index (Phi) is 6.49. The summed E-state index contributed by atoms with van der Waals surface area (Å²) in [5.74, 6) is 3.00. The van der Waals surface area contributed by atoms with E-state index in [0.717, 1.165) is 13.2 Å². The maximum Gasteiger partial charge on any atom is 0.229 e. The Morgan fingerprint density at radius 3 is 1.57 bits per heavy atom. The van der Waals surface area contributed by atoms with Gasteiger partial charge in [-0.1, -0.05) is 26.0 Å². The van der Waals surface area contributed by atoms with Gasteiger partial charge in [0.25, 0.3) is 0 Å². The fourth-order valence-electron chi connectivity index (χ4n) is 10.1. The molecule has 0 radical (unpaired) electrons. The van der Waals surface area contributed by atoms with Gasteiger partial charge in [-0.2, -0.15) is 0 Å². The zero-order valence-corrected chi connectivity index (χ0v) is 27.0. The van der Waals surface area contributed by atoms with Gasteiger partial charge in [0.2, 0.25) is 17.7 Å². The Labute approximate surface area is 263 Å². The molecule has 2 spiro atoms. The van der Waals surface area contributed by atoms with Crippen LogP contribution in [0.1, 0.15) is 101 Å². The van der Waals surface area contributed by atoms with E-state index in [9.17, 15) is 14.4 Å². The number of carbonyl (C=O) groups excluding carboxylic acids is 3. The average Bonchev–Trinajstić information content (AvgIpc) is 3.80. The number of rotatable bonds is 2. The smallest absolute Gasteiger partial charge is 0.229 e. The maximum absolute atomic E-state index is 12.1. The van der Waals surface area contributed by atoms with Crippen LogP contribution in [0.5, 0.6) is 0 Å². The summed E-state index contributed by atoms with van der Waals surface area (Å²) in [7, 11) is 0. The molecule has 3 amide bonds. The number of nitrogens with zero attached hydrogens (tertiary/aromatic N) is 3. The summed E-state index contributed by atoms with van der Waals surface area (Å²) in [5, 5.41) is 0. The molecule has 0 bridgehead atoms. The van der Waals surface area contributed by atoms with Crippen molar-refractivity contribution in [2.24, 2.45) is 34.5 Å². The zero-order chi connectivity index (χ0) is 30.5. The minimum atomic E-state index is -0.441. The Balaban J connectivity index is 0.000000105. The van der Waals surface area contributed by atoms with Crippen molar-refractivity contribution < 1.29 is 28.6 Å². The van der Waals surface area contributed by atoms with Gasteiger partial charge in [-0.05, 0) is 90.9 Å². The molecule has 0 aromatic carbocycles. The van der Waals surface area contributed by atoms with Crippen molar-refractivity contribution in [1.29, 1.82) is 0 Å². The number of fused-ring (bicyclic) bond motifs is 10. The highest BCUT2D eigenvalue weighted by atomic mass is 16.5. The van der Waals surface area contributed by atoms with Crippen molar-refractivity contribution >= 4 is 17.7 Å². The minimum absolute atomic E-state index is 0. The molecule has 5 saturated heterocycles. The first-order valence-corrected chi connectivity index (χ1v) is 16.8. The Morgan fingerprint density at radius 2 is 1.18 bits per heavy atom. The number of carbonyl (C=O) groups is 3. The van der Waals surface area contributed by atoms with Gasteiger partial charge >= 0.3 is 0 Å². The Bertz CT molecular complexity index is 1240. The Hall–Kier alpha value is -1.97. The van der Waals surface area contributed by atoms with E-state index in [4.69, 9.17) is 14.2 Å². The molecule has 5 saturated carbocycles. The Morgan fingerprint density at radius 1 is 0.750 bits per heavy atom. The van der Waals surface area contributed by atoms with Gasteiger partial charge < -0.3 is 28.9 Å². The molecular weight excluding hydrogens is 558 g/mol. The monoisotopic (exact) mass is 611 g/mol. The van der Waals surface area contributed by atoms with Crippen LogP contribution < -0.4 is 0 Å². The van der Waals surface area contributed by atoms with Gasteiger partial charge in [-0.15, -0.1) is 0 Å². The van der Waals surface area contributed by atoms with Gasteiger partial charge in [-0.25, -0.2) is 0 Å². The molecule has 244 valence electrons. The van der Waals surface area contributed by atoms with Crippen molar-refractivity contribution in [2.75, 3.05) is 19.8 Å². The van der Waals surface area contributed by atoms with E-state index in [2.05, 4.69) is 6.08 Å². The van der Waals surface area contributed by atoms with E-state index in [1.807, 2.05) is 63.2 Å². The SMILES string of the molecule is C.CC1(C)OC[C@@H]2[C@@H]3C(C(=O)N21)C31CC1.CC1(C)OC[C@@H]2[C@H]3[C@@H](C(=O)N21)C31CC1.CCC(=O)N1[C@@H](C=C2CC2)COC1(C)C. The summed E-state index contributed by atoms with van der Waals surface area (Å²) >= 11 is 0. The van der Waals surface area contributed by atoms with Crippen LogP contribution in [0.2, 0.25) is 0 Å². The van der Waals surface area contributed by atoms with Crippen LogP contribution in [-0.2, 0) is 28.6 Å². The molecule has 0 aromatic heterocycles. The normalized spacial score (nSPS) is 41.0. The van der Waals surface area contributed by atoms with Gasteiger partial charge in [0.15, 0.2) is 0 Å². The van der Waals surface area contributed by atoms with Gasteiger partial charge in [-0.3, -0.25) is 14.4 Å². The van der Waals surface area contributed by atoms with Crippen LogP contribution in [-0.4, -0.2) is 87.5 Å². The zero-order valence-electron chi connectivity index (χ0n) is 27.0. The van der Waals surface area contributed by atoms with E-state index >= 15 is 0 Å². The molecule has 10 aliphatic rings. The maximum atomic E-state index is 12.1. The highest BCUT2D eigenvalue weighted by molar-refractivity contribution is 5.89. The third kappa shape index (κ3) is 4.16. The highest BCUT2D eigenvalue weighted by Crippen LogP contribution is 2.81. The predicted octanol–water partition coefficient (Wildman–Crippen LogP) is 4.70. The second-order valence-electron chi connectivity index (χ2n) is 16.3. The molecule has 10 fully saturated rings. The van der Waals surface area contributed by atoms with Crippen LogP contribution in [0.4, 0.5) is 0 Å². The van der Waals surface area contributed by atoms with Crippen LogP contribution in [0.15, 0.2) is 11.6 Å². The standard InChI is InChI=1S/C12H19NO2.2C11H15NO2.CH4/c1-4-11(14)13-10(7-9-5-6-9)8-15-12(13,2)3;2*1-10(2)12-6(5-14-10)7-8(9(12)13)11(7)3-4-11;/h7,10H,4-6,8H2,1-3H3;2*6-8H,3-5H2,1-2H3;1H4/t10-;6-,7+,8+;6-,7-,8?;/m011./s1. The number of ether oxygens (including phenoxy) is 3. The van der Waals surface area contributed by atoms with E-state index in [0.29, 0.717) is 71.4 Å². The minimum Gasteiger partial charge on any atom is -0.354 e. The van der Waals surface area contributed by atoms with E-state index in [1.54, 1.807) is 0 Å². The fourth-order valence-corrected chi connectivity index (χ4v) is 10.1. The average molecular weight is 612 g/mol. The van der Waals surface area contributed by atoms with Crippen LogP contribution in [0.25, 0.3) is 0 Å². The summed E-state index contributed by atoms with van der Waals surface area (Å²) in [4.78, 5) is 42.0. The van der Waals surface area contributed by atoms with E-state index in [-0.39, 0.29) is 30.8 Å². The van der Waals surface area contributed by atoms with E-state index < -0.39 is 5.72 Å². The second-order valence-corrected chi connectivity index (χ2v) is 16.3. The summed E-state index contributed by atoms with van der Waals surface area (Å²) in [5.41, 5.74) is 1.29. The first-order valence-electron chi connectivity index (χ1n) is 16.8. The molecule has 1 unspecified atom stereocenters. The number of piperidine rings is 2.